The number of anilines is 3. The number of nitro groups is 1. The van der Waals surface area contributed by atoms with Crippen LogP contribution < -0.4 is 21.3 Å². The summed E-state index contributed by atoms with van der Waals surface area (Å²) in [6.07, 6.45) is 3.91. The topological polar surface area (TPSA) is 173 Å². The van der Waals surface area contributed by atoms with E-state index in [2.05, 4.69) is 20.4 Å². The predicted molar refractivity (Wildman–Crippen MR) is 216 cm³/mol. The number of nitrogens with one attached hydrogen (secondary N) is 2. The summed E-state index contributed by atoms with van der Waals surface area (Å²) >= 11 is 0. The van der Waals surface area contributed by atoms with Crippen LogP contribution in [0.3, 0.4) is 0 Å². The number of hydrogen-bond donors (Lipinski definition) is 4. The van der Waals surface area contributed by atoms with Gasteiger partial charge in [0.05, 0.1) is 35.1 Å². The van der Waals surface area contributed by atoms with Gasteiger partial charge in [-0.25, -0.2) is 0 Å². The summed E-state index contributed by atoms with van der Waals surface area (Å²) < 4.78 is 13.1. The molecule has 0 radical (unpaired) electrons. The summed E-state index contributed by atoms with van der Waals surface area (Å²) in [5.41, 5.74) is 11.9. The lowest BCUT2D eigenvalue weighted by atomic mass is 9.99. The Bertz CT molecular complexity index is 1880. The molecule has 4 aromatic rings. The van der Waals surface area contributed by atoms with E-state index in [0.717, 1.165) is 86.3 Å². The van der Waals surface area contributed by atoms with Crippen LogP contribution in [0, 0.1) is 10.1 Å². The van der Waals surface area contributed by atoms with Crippen LogP contribution in [0.1, 0.15) is 79.6 Å². The molecule has 3 unspecified atom stereocenters. The molecule has 0 bridgehead atoms. The maximum atomic E-state index is 12.6. The number of non-ortho nitro benzene ring substituents is 1. The average molecular weight is 765 g/mol. The van der Waals surface area contributed by atoms with Crippen molar-refractivity contribution in [3.63, 3.8) is 0 Å². The predicted octanol–water partition coefficient (Wildman–Crippen LogP) is 6.63. The number of nitrogens with two attached hydrogens (primary N) is 1. The van der Waals surface area contributed by atoms with Crippen molar-refractivity contribution in [2.75, 3.05) is 48.7 Å². The Balaban J connectivity index is 0.957. The Morgan fingerprint density at radius 1 is 0.786 bits per heavy atom. The Morgan fingerprint density at radius 3 is 2.09 bits per heavy atom. The second-order valence-electron chi connectivity index (χ2n) is 14.5. The van der Waals surface area contributed by atoms with E-state index in [4.69, 9.17) is 15.2 Å². The maximum absolute atomic E-state index is 12.6. The van der Waals surface area contributed by atoms with Crippen LogP contribution in [0.25, 0.3) is 0 Å². The average Bonchev–Trinajstić information content (AvgIpc) is 3.22. The fourth-order valence-corrected chi connectivity index (χ4v) is 7.12. The second-order valence-corrected chi connectivity index (χ2v) is 14.5. The minimum Gasteiger partial charge on any atom is -0.397 e. The number of hydrogen-bond acceptors (Lipinski definition) is 10. The van der Waals surface area contributed by atoms with Gasteiger partial charge in [-0.1, -0.05) is 73.5 Å². The normalized spacial score (nSPS) is 18.7. The lowest BCUT2D eigenvalue weighted by molar-refractivity contribution is -0.384. The number of amides is 2. The Labute approximate surface area is 327 Å². The number of nitrogen functional groups attached to an aromatic ring is 1. The fraction of sp³-hybridized carbons (Fsp3) is 0.395. The highest BCUT2D eigenvalue weighted by Gasteiger charge is 2.34. The van der Waals surface area contributed by atoms with Crippen LogP contribution in [0.5, 0.6) is 0 Å². The van der Waals surface area contributed by atoms with Gasteiger partial charge in [-0.15, -0.1) is 0 Å². The van der Waals surface area contributed by atoms with Gasteiger partial charge >= 0.3 is 0 Å². The van der Waals surface area contributed by atoms with Gasteiger partial charge in [0.25, 0.3) is 5.69 Å². The summed E-state index contributed by atoms with van der Waals surface area (Å²) in [7, 11) is 0. The smallest absolute Gasteiger partial charge is 0.269 e. The maximum Gasteiger partial charge on any atom is 0.269 e. The number of carbonyl (C=O) groups excluding carboxylic acids is 2. The minimum absolute atomic E-state index is 0.00297. The molecule has 2 aliphatic heterocycles. The van der Waals surface area contributed by atoms with Crippen molar-refractivity contribution in [1.82, 2.24) is 10.2 Å². The van der Waals surface area contributed by atoms with E-state index in [1.807, 2.05) is 72.8 Å². The third-order valence-corrected chi connectivity index (χ3v) is 10.4. The number of rotatable bonds is 17. The quantitative estimate of drug-likeness (QED) is 0.0396. The Kier molecular flexibility index (Phi) is 14.4. The molecular weight excluding hydrogens is 713 g/mol. The number of benzene rings is 4. The molecule has 0 saturated carbocycles. The third kappa shape index (κ3) is 11.6. The number of aliphatic hydroxyl groups excluding tert-OH is 1. The first-order valence-corrected chi connectivity index (χ1v) is 19.5. The number of para-hydroxylation sites is 2. The summed E-state index contributed by atoms with van der Waals surface area (Å²) in [4.78, 5) is 40.1. The van der Waals surface area contributed by atoms with Gasteiger partial charge in [0.15, 0.2) is 6.29 Å². The number of ether oxygens (including phenoxy) is 2. The van der Waals surface area contributed by atoms with Gasteiger partial charge in [0, 0.05) is 81.9 Å². The summed E-state index contributed by atoms with van der Waals surface area (Å²) in [6.45, 7) is 4.42. The van der Waals surface area contributed by atoms with E-state index in [9.17, 15) is 24.8 Å². The van der Waals surface area contributed by atoms with Crippen LogP contribution in [0.4, 0.5) is 22.7 Å². The molecule has 5 N–H and O–H groups in total. The standard InChI is InChI=1S/C43H52N6O7/c44-38-7-5-6-8-39(38)46-42(52)10-4-2-1-3-9-41(51)45-28-31-11-17-34(18-12-31)43-55-37(27-40(56-43)33-15-13-32(30-50)14-16-33)29-47-23-25-48(26-24-47)35-19-21-36(22-20-35)49(53)54/h5-8,11-22,37,40,43,50H,1-4,9-10,23-30,44H2,(H,45,51)(H,46,52). The van der Waals surface area contributed by atoms with E-state index in [0.29, 0.717) is 37.2 Å². The highest BCUT2D eigenvalue weighted by atomic mass is 16.7. The molecule has 3 atom stereocenters. The number of nitrogens with zero attached hydrogens (tertiary/aromatic N) is 3. The minimum atomic E-state index is -0.580. The summed E-state index contributed by atoms with van der Waals surface area (Å²) in [5, 5.41) is 26.5. The summed E-state index contributed by atoms with van der Waals surface area (Å²) in [5.74, 6) is -0.0630. The molecule has 2 amide bonds. The monoisotopic (exact) mass is 764 g/mol. The van der Waals surface area contributed by atoms with Gasteiger partial charge in [0.1, 0.15) is 0 Å². The van der Waals surface area contributed by atoms with E-state index in [1.165, 1.54) is 0 Å². The summed E-state index contributed by atoms with van der Waals surface area (Å²) in [6, 6.07) is 29.7. The molecule has 0 aliphatic carbocycles. The zero-order chi connectivity index (χ0) is 39.3. The third-order valence-electron chi connectivity index (χ3n) is 10.4. The zero-order valence-electron chi connectivity index (χ0n) is 31.7. The van der Waals surface area contributed by atoms with Gasteiger partial charge in [-0.05, 0) is 53.8 Å². The van der Waals surface area contributed by atoms with Crippen molar-refractivity contribution in [3.8, 4) is 0 Å². The highest BCUT2D eigenvalue weighted by molar-refractivity contribution is 5.93. The van der Waals surface area contributed by atoms with E-state index < -0.39 is 6.29 Å². The molecule has 0 spiro atoms. The fourth-order valence-electron chi connectivity index (χ4n) is 7.12. The molecule has 13 nitrogen and oxygen atoms in total. The van der Waals surface area contributed by atoms with Crippen molar-refractivity contribution in [2.24, 2.45) is 0 Å². The first-order chi connectivity index (χ1) is 27.2. The Hall–Kier alpha value is -5.34. The Morgan fingerprint density at radius 2 is 1.43 bits per heavy atom. The van der Waals surface area contributed by atoms with Gasteiger partial charge in [0.2, 0.25) is 11.8 Å². The van der Waals surface area contributed by atoms with Crippen LogP contribution >= 0.6 is 0 Å². The molecule has 13 heteroatoms. The van der Waals surface area contributed by atoms with Gasteiger partial charge < -0.3 is 35.8 Å². The van der Waals surface area contributed by atoms with Crippen molar-refractivity contribution in [2.45, 2.75) is 76.6 Å². The van der Waals surface area contributed by atoms with Crippen molar-refractivity contribution >= 4 is 34.6 Å². The number of nitro benzene ring substituents is 1. The number of aliphatic hydroxyl groups is 1. The molecule has 2 fully saturated rings. The van der Waals surface area contributed by atoms with Crippen LogP contribution in [0.15, 0.2) is 97.1 Å². The molecule has 6 rings (SSSR count). The molecule has 2 aliphatic rings. The number of carbonyl (C=O) groups is 2. The van der Waals surface area contributed by atoms with Crippen LogP contribution in [0.2, 0.25) is 0 Å². The van der Waals surface area contributed by atoms with Crippen molar-refractivity contribution in [1.29, 1.82) is 0 Å². The SMILES string of the molecule is Nc1ccccc1NC(=O)CCCCCCC(=O)NCc1ccc(C2OC(CN3CCN(c4ccc([N+](=O)[O-])cc4)CC3)CC(c3ccc(CO)cc3)O2)cc1. The molecule has 2 heterocycles. The first kappa shape index (κ1) is 40.3. The molecular formula is C43H52N6O7. The molecule has 4 aromatic carbocycles. The first-order valence-electron chi connectivity index (χ1n) is 19.5. The lowest BCUT2D eigenvalue weighted by Crippen LogP contribution is -2.49. The highest BCUT2D eigenvalue weighted by Crippen LogP contribution is 2.38. The van der Waals surface area contributed by atoms with Gasteiger partial charge in [-0.2, -0.15) is 0 Å². The largest absolute Gasteiger partial charge is 0.397 e. The lowest BCUT2D eigenvalue weighted by Gasteiger charge is -2.41. The van der Waals surface area contributed by atoms with Crippen LogP contribution in [-0.2, 0) is 32.2 Å². The number of piperazine rings is 1. The molecule has 0 aromatic heterocycles. The van der Waals surface area contributed by atoms with Crippen molar-refractivity contribution in [3.05, 3.63) is 129 Å². The van der Waals surface area contributed by atoms with Crippen LogP contribution in [-0.4, -0.2) is 65.6 Å². The van der Waals surface area contributed by atoms with E-state index in [-0.39, 0.29) is 41.2 Å². The van der Waals surface area contributed by atoms with Crippen molar-refractivity contribution < 1.29 is 29.1 Å². The van der Waals surface area contributed by atoms with E-state index >= 15 is 0 Å². The molecule has 56 heavy (non-hydrogen) atoms. The van der Waals surface area contributed by atoms with Gasteiger partial charge in [-0.3, -0.25) is 24.6 Å². The number of unbranched alkanes of at least 4 members (excludes halogenated alkanes) is 3. The second kappa shape index (κ2) is 20.0. The zero-order valence-corrected chi connectivity index (χ0v) is 31.7. The molecule has 2 saturated heterocycles. The molecule has 296 valence electrons. The van der Waals surface area contributed by atoms with E-state index in [1.54, 1.807) is 24.3 Å².